The van der Waals surface area contributed by atoms with Gasteiger partial charge in [0.15, 0.2) is 5.78 Å². The first-order valence-corrected chi connectivity index (χ1v) is 7.93. The largest absolute Gasteiger partial charge is 0.350 e. The standard InChI is InChI=1S/C17H19FN4O2.ClH/c18-13-3-1-12(2-4-13)16(23)5-6-17(24)20-10-14-9-15-11-19-7-8-22(15)21-14;/h1-4,9,19H,5-8,10-11H2,(H,20,24);1H. The van der Waals surface area contributed by atoms with E-state index < -0.39 is 0 Å². The molecule has 0 bridgehead atoms. The Morgan fingerprint density at radius 1 is 1.24 bits per heavy atom. The molecule has 0 fully saturated rings. The Balaban J connectivity index is 0.00000225. The lowest BCUT2D eigenvalue weighted by atomic mass is 10.1. The fourth-order valence-corrected chi connectivity index (χ4v) is 2.62. The van der Waals surface area contributed by atoms with Crippen LogP contribution in [0.3, 0.4) is 0 Å². The van der Waals surface area contributed by atoms with Gasteiger partial charge in [-0.2, -0.15) is 5.10 Å². The van der Waals surface area contributed by atoms with E-state index in [1.807, 2.05) is 10.7 Å². The van der Waals surface area contributed by atoms with Gasteiger partial charge in [0.05, 0.1) is 24.5 Å². The topological polar surface area (TPSA) is 76.0 Å². The second kappa shape index (κ2) is 8.73. The normalized spacial score (nSPS) is 12.8. The molecule has 2 heterocycles. The summed E-state index contributed by atoms with van der Waals surface area (Å²) < 4.78 is 14.8. The summed E-state index contributed by atoms with van der Waals surface area (Å²) in [5.41, 5.74) is 2.34. The number of hydrogen-bond donors (Lipinski definition) is 2. The SMILES string of the molecule is Cl.O=C(CCC(=O)c1ccc(F)cc1)NCc1cc2n(n1)CCNC2. The highest BCUT2D eigenvalue weighted by atomic mass is 35.5. The summed E-state index contributed by atoms with van der Waals surface area (Å²) in [6.07, 6.45) is 0.201. The quantitative estimate of drug-likeness (QED) is 0.765. The molecule has 0 unspecified atom stereocenters. The lowest BCUT2D eigenvalue weighted by Crippen LogP contribution is -2.28. The van der Waals surface area contributed by atoms with Gasteiger partial charge in [-0.15, -0.1) is 12.4 Å². The number of ketones is 1. The van der Waals surface area contributed by atoms with E-state index in [1.165, 1.54) is 24.3 Å². The molecule has 1 aliphatic heterocycles. The van der Waals surface area contributed by atoms with Gasteiger partial charge in [-0.3, -0.25) is 14.3 Å². The van der Waals surface area contributed by atoms with Crippen LogP contribution in [0.15, 0.2) is 30.3 Å². The van der Waals surface area contributed by atoms with E-state index in [9.17, 15) is 14.0 Å². The van der Waals surface area contributed by atoms with Gasteiger partial charge in [0, 0.05) is 31.5 Å². The minimum atomic E-state index is -0.387. The van der Waals surface area contributed by atoms with Gasteiger partial charge in [0.1, 0.15) is 5.82 Å². The van der Waals surface area contributed by atoms with Gasteiger partial charge in [0.25, 0.3) is 0 Å². The highest BCUT2D eigenvalue weighted by Crippen LogP contribution is 2.09. The molecule has 0 radical (unpaired) electrons. The molecule has 134 valence electrons. The van der Waals surface area contributed by atoms with E-state index in [4.69, 9.17) is 0 Å². The first-order valence-electron chi connectivity index (χ1n) is 7.93. The monoisotopic (exact) mass is 366 g/mol. The van der Waals surface area contributed by atoms with Crippen molar-refractivity contribution >= 4 is 24.1 Å². The van der Waals surface area contributed by atoms with E-state index in [2.05, 4.69) is 15.7 Å². The van der Waals surface area contributed by atoms with Gasteiger partial charge in [-0.05, 0) is 30.3 Å². The van der Waals surface area contributed by atoms with Gasteiger partial charge in [-0.25, -0.2) is 4.39 Å². The van der Waals surface area contributed by atoms with E-state index >= 15 is 0 Å². The average molecular weight is 367 g/mol. The van der Waals surface area contributed by atoms with Crippen molar-refractivity contribution in [2.75, 3.05) is 6.54 Å². The molecule has 8 heteroatoms. The lowest BCUT2D eigenvalue weighted by molar-refractivity contribution is -0.121. The van der Waals surface area contributed by atoms with Crippen molar-refractivity contribution in [1.82, 2.24) is 20.4 Å². The van der Waals surface area contributed by atoms with E-state index in [1.54, 1.807) is 0 Å². The molecule has 0 atom stereocenters. The van der Waals surface area contributed by atoms with Crippen LogP contribution in [0, 0.1) is 5.82 Å². The predicted octanol–water partition coefficient (Wildman–Crippen LogP) is 1.83. The van der Waals surface area contributed by atoms with Crippen LogP contribution in [0.4, 0.5) is 4.39 Å². The first kappa shape index (κ1) is 19.1. The molecule has 0 aliphatic carbocycles. The molecule has 1 amide bonds. The second-order valence-corrected chi connectivity index (χ2v) is 5.73. The molecule has 2 N–H and O–H groups in total. The van der Waals surface area contributed by atoms with Crippen molar-refractivity contribution in [3.8, 4) is 0 Å². The number of benzene rings is 1. The van der Waals surface area contributed by atoms with E-state index in [-0.39, 0.29) is 42.8 Å². The van der Waals surface area contributed by atoms with Gasteiger partial charge in [-0.1, -0.05) is 0 Å². The zero-order chi connectivity index (χ0) is 16.9. The number of fused-ring (bicyclic) bond motifs is 1. The third-order valence-corrected chi connectivity index (χ3v) is 3.93. The molecule has 0 saturated carbocycles. The molecule has 1 aromatic heterocycles. The van der Waals surface area contributed by atoms with E-state index in [0.717, 1.165) is 31.0 Å². The molecule has 2 aromatic rings. The number of carbonyl (C=O) groups is 2. The highest BCUT2D eigenvalue weighted by molar-refractivity contribution is 5.97. The number of rotatable bonds is 6. The Bertz CT molecular complexity index is 722. The van der Waals surface area contributed by atoms with Crippen molar-refractivity contribution in [3.63, 3.8) is 0 Å². The third kappa shape index (κ3) is 5.11. The molecule has 25 heavy (non-hydrogen) atoms. The molecular formula is C17H20ClFN4O2. The molecule has 0 spiro atoms. The molecule has 3 rings (SSSR count). The molecule has 1 aromatic carbocycles. The van der Waals surface area contributed by atoms with Crippen molar-refractivity contribution < 1.29 is 14.0 Å². The summed E-state index contributed by atoms with van der Waals surface area (Å²) in [6, 6.07) is 7.31. The summed E-state index contributed by atoms with van der Waals surface area (Å²) in [6.45, 7) is 2.86. The zero-order valence-electron chi connectivity index (χ0n) is 13.6. The number of amides is 1. The number of halogens is 2. The summed E-state index contributed by atoms with van der Waals surface area (Å²) in [5.74, 6) is -0.759. The van der Waals surface area contributed by atoms with Crippen molar-refractivity contribution in [2.45, 2.75) is 32.5 Å². The number of nitrogens with zero attached hydrogens (tertiary/aromatic N) is 2. The molecular weight excluding hydrogens is 347 g/mol. The van der Waals surface area contributed by atoms with E-state index in [0.29, 0.717) is 12.1 Å². The Kier molecular flexibility index (Phi) is 6.66. The van der Waals surface area contributed by atoms with Crippen molar-refractivity contribution in [2.24, 2.45) is 0 Å². The maximum absolute atomic E-state index is 12.8. The fourth-order valence-electron chi connectivity index (χ4n) is 2.62. The van der Waals surface area contributed by atoms with Gasteiger partial charge < -0.3 is 10.6 Å². The number of carbonyl (C=O) groups excluding carboxylic acids is 2. The zero-order valence-corrected chi connectivity index (χ0v) is 14.4. The number of Topliss-reactive ketones (excluding diaryl/α,β-unsaturated/α-hetero) is 1. The van der Waals surface area contributed by atoms with Crippen LogP contribution < -0.4 is 10.6 Å². The average Bonchev–Trinajstić information content (AvgIpc) is 3.01. The highest BCUT2D eigenvalue weighted by Gasteiger charge is 2.13. The number of aromatic nitrogens is 2. The third-order valence-electron chi connectivity index (χ3n) is 3.93. The maximum atomic E-state index is 12.8. The minimum Gasteiger partial charge on any atom is -0.350 e. The molecule has 1 aliphatic rings. The van der Waals surface area contributed by atoms with Crippen LogP contribution in [-0.4, -0.2) is 28.0 Å². The summed E-state index contributed by atoms with van der Waals surface area (Å²) in [7, 11) is 0. The summed E-state index contributed by atoms with van der Waals surface area (Å²) in [4.78, 5) is 23.8. The van der Waals surface area contributed by atoms with Crippen LogP contribution in [-0.2, 0) is 24.4 Å². The van der Waals surface area contributed by atoms with Crippen LogP contribution >= 0.6 is 12.4 Å². The Morgan fingerprint density at radius 2 is 2.00 bits per heavy atom. The Labute approximate surface area is 151 Å². The Hall–Kier alpha value is -2.25. The first-order chi connectivity index (χ1) is 11.6. The van der Waals surface area contributed by atoms with Crippen LogP contribution in [0.5, 0.6) is 0 Å². The molecule has 0 saturated heterocycles. The number of hydrogen-bond acceptors (Lipinski definition) is 4. The summed E-state index contributed by atoms with van der Waals surface area (Å²) >= 11 is 0. The van der Waals surface area contributed by atoms with Gasteiger partial charge in [0.2, 0.25) is 5.91 Å². The van der Waals surface area contributed by atoms with Crippen LogP contribution in [0.2, 0.25) is 0 Å². The molecule has 6 nitrogen and oxygen atoms in total. The predicted molar refractivity (Wildman–Crippen MR) is 93.0 cm³/mol. The van der Waals surface area contributed by atoms with Crippen molar-refractivity contribution in [3.05, 3.63) is 53.1 Å². The van der Waals surface area contributed by atoms with Crippen LogP contribution in [0.25, 0.3) is 0 Å². The Morgan fingerprint density at radius 3 is 2.72 bits per heavy atom. The number of nitrogens with one attached hydrogen (secondary N) is 2. The fraction of sp³-hybridized carbons (Fsp3) is 0.353. The maximum Gasteiger partial charge on any atom is 0.220 e. The summed E-state index contributed by atoms with van der Waals surface area (Å²) in [5, 5.41) is 10.5. The lowest BCUT2D eigenvalue weighted by Gasteiger charge is -2.13. The minimum absolute atomic E-state index is 0. The van der Waals surface area contributed by atoms with Crippen LogP contribution in [0.1, 0.15) is 34.6 Å². The second-order valence-electron chi connectivity index (χ2n) is 5.73. The van der Waals surface area contributed by atoms with Crippen molar-refractivity contribution in [1.29, 1.82) is 0 Å². The smallest absolute Gasteiger partial charge is 0.220 e. The van der Waals surface area contributed by atoms with Gasteiger partial charge >= 0.3 is 0 Å².